The zero-order valence-electron chi connectivity index (χ0n) is 25.9. The summed E-state index contributed by atoms with van der Waals surface area (Å²) < 4.78 is 6.60. The maximum absolute atomic E-state index is 5.25. The molecule has 0 N–H and O–H groups in total. The molecule has 2 aromatic carbocycles. The lowest BCUT2D eigenvalue weighted by atomic mass is 9.99. The topological polar surface area (TPSA) is 46.8 Å². The molecule has 0 heterocycles. The van der Waals surface area contributed by atoms with E-state index in [-0.39, 0.29) is 0 Å². The highest BCUT2D eigenvalue weighted by Crippen LogP contribution is 2.18. The molecule has 2 aromatic rings. The van der Waals surface area contributed by atoms with Gasteiger partial charge in [0.1, 0.15) is 0 Å². The van der Waals surface area contributed by atoms with Crippen molar-refractivity contribution in [3.63, 3.8) is 0 Å². The first kappa shape index (κ1) is 31.7. The molecule has 0 aliphatic heterocycles. The minimum Gasteiger partial charge on any atom is -0.328 e. The van der Waals surface area contributed by atoms with Gasteiger partial charge in [-0.2, -0.15) is 15.3 Å². The molecule has 0 aliphatic carbocycles. The molecule has 0 spiro atoms. The molecule has 0 saturated carbocycles. The fourth-order valence-electron chi connectivity index (χ4n) is 3.20. The molecular weight excluding hydrogens is 517 g/mol. The largest absolute Gasteiger partial charge is 0.328 e. The molecule has 0 unspecified atom stereocenters. The Kier molecular flexibility index (Phi) is 10.9. The van der Waals surface area contributed by atoms with Gasteiger partial charge in [0, 0.05) is 39.7 Å². The van der Waals surface area contributed by atoms with Gasteiger partial charge in [0.25, 0.3) is 0 Å². The summed E-state index contributed by atoms with van der Waals surface area (Å²) in [7, 11) is 1.45. The van der Waals surface area contributed by atoms with Crippen LogP contribution in [-0.2, 0) is 0 Å². The van der Waals surface area contributed by atoms with Gasteiger partial charge < -0.3 is 14.0 Å². The van der Waals surface area contributed by atoms with Crippen LogP contribution in [0.15, 0.2) is 76.0 Å². The molecule has 0 atom stereocenters. The van der Waals surface area contributed by atoms with Crippen LogP contribution in [0.4, 0.5) is 0 Å². The summed E-state index contributed by atoms with van der Waals surface area (Å²) in [6.07, 6.45) is 1.33. The van der Waals surface area contributed by atoms with Crippen LogP contribution >= 0.6 is 0 Å². The Hall–Kier alpha value is -2.50. The standard InChI is InChI=1S/C29H50N6Si3/c1-33(36(4,5)6)30-27(23-28(25-19-15-13-16-20-25)31-34(2)37(7,8)9)24-29(26-21-17-14-18-22-26)32-35(3)38(10,11)12/h13-22H,23-24H2,1-12H3/b31-28+,32-29+. The van der Waals surface area contributed by atoms with Crippen LogP contribution in [0, 0.1) is 0 Å². The van der Waals surface area contributed by atoms with Gasteiger partial charge in [-0.3, -0.25) is 0 Å². The van der Waals surface area contributed by atoms with E-state index in [9.17, 15) is 0 Å². The molecule has 0 saturated heterocycles. The van der Waals surface area contributed by atoms with E-state index in [1.165, 1.54) is 0 Å². The van der Waals surface area contributed by atoms with E-state index in [1.54, 1.807) is 0 Å². The Morgan fingerprint density at radius 3 is 1.08 bits per heavy atom. The summed E-state index contributed by atoms with van der Waals surface area (Å²) in [5.41, 5.74) is 5.44. The molecule has 0 radical (unpaired) electrons. The lowest BCUT2D eigenvalue weighted by molar-refractivity contribution is 0.541. The second-order valence-corrected chi connectivity index (χ2v) is 27.9. The quantitative estimate of drug-likeness (QED) is 0.155. The van der Waals surface area contributed by atoms with Crippen LogP contribution in [0.25, 0.3) is 0 Å². The minimum atomic E-state index is -1.65. The average molecular weight is 567 g/mol. The van der Waals surface area contributed by atoms with E-state index in [0.29, 0.717) is 12.8 Å². The van der Waals surface area contributed by atoms with Crippen molar-refractivity contribution in [3.05, 3.63) is 71.8 Å². The molecule has 0 fully saturated rings. The van der Waals surface area contributed by atoms with Gasteiger partial charge in [0.05, 0.1) is 11.4 Å². The van der Waals surface area contributed by atoms with Crippen molar-refractivity contribution < 1.29 is 0 Å². The maximum atomic E-state index is 5.25. The first-order valence-corrected chi connectivity index (χ1v) is 23.9. The first-order chi connectivity index (χ1) is 17.5. The predicted octanol–water partition coefficient (Wildman–Crippen LogP) is 7.23. The monoisotopic (exact) mass is 566 g/mol. The van der Waals surface area contributed by atoms with Gasteiger partial charge in [-0.1, -0.05) is 120 Å². The minimum absolute atomic E-state index is 0.663. The van der Waals surface area contributed by atoms with Crippen LogP contribution in [0.3, 0.4) is 0 Å². The fraction of sp³-hybridized carbons (Fsp3) is 0.483. The molecule has 6 nitrogen and oxygen atoms in total. The van der Waals surface area contributed by atoms with Crippen molar-refractivity contribution in [2.24, 2.45) is 15.3 Å². The van der Waals surface area contributed by atoms with Crippen molar-refractivity contribution in [2.45, 2.75) is 71.8 Å². The Bertz CT molecular complexity index is 1030. The molecule has 38 heavy (non-hydrogen) atoms. The highest BCUT2D eigenvalue weighted by atomic mass is 28.3. The van der Waals surface area contributed by atoms with Crippen molar-refractivity contribution in [3.8, 4) is 0 Å². The second kappa shape index (κ2) is 13.0. The summed E-state index contributed by atoms with van der Waals surface area (Å²) in [4.78, 5) is 0. The van der Waals surface area contributed by atoms with Crippen LogP contribution < -0.4 is 0 Å². The predicted molar refractivity (Wildman–Crippen MR) is 176 cm³/mol. The number of benzene rings is 2. The molecule has 0 aliphatic rings. The van der Waals surface area contributed by atoms with Gasteiger partial charge in [-0.05, 0) is 11.1 Å². The van der Waals surface area contributed by atoms with Gasteiger partial charge in [0.15, 0.2) is 24.7 Å². The maximum Gasteiger partial charge on any atom is 0.168 e. The lowest BCUT2D eigenvalue weighted by Gasteiger charge is -2.30. The van der Waals surface area contributed by atoms with E-state index < -0.39 is 24.7 Å². The molecule has 0 aromatic heterocycles. The second-order valence-electron chi connectivity index (χ2n) is 12.9. The Morgan fingerprint density at radius 2 is 0.789 bits per heavy atom. The Balaban J connectivity index is 2.65. The summed E-state index contributed by atoms with van der Waals surface area (Å²) in [5.74, 6) is 0. The third kappa shape index (κ3) is 10.00. The molecule has 208 valence electrons. The number of rotatable bonds is 12. The average Bonchev–Trinajstić information content (AvgIpc) is 2.82. The van der Waals surface area contributed by atoms with E-state index in [0.717, 1.165) is 28.3 Å². The lowest BCUT2D eigenvalue weighted by Crippen LogP contribution is -2.41. The Labute approximate surface area is 235 Å². The first-order valence-electron chi connectivity index (χ1n) is 13.5. The van der Waals surface area contributed by atoms with E-state index in [4.69, 9.17) is 15.3 Å². The van der Waals surface area contributed by atoms with Gasteiger partial charge in [-0.25, -0.2) is 0 Å². The van der Waals surface area contributed by atoms with E-state index in [1.807, 2.05) is 0 Å². The number of hydrogen-bond acceptors (Lipinski definition) is 6. The van der Waals surface area contributed by atoms with E-state index >= 15 is 0 Å². The summed E-state index contributed by atoms with van der Waals surface area (Å²) in [5, 5.41) is 15.6. The smallest absolute Gasteiger partial charge is 0.168 e. The van der Waals surface area contributed by atoms with Crippen molar-refractivity contribution in [1.82, 2.24) is 14.0 Å². The van der Waals surface area contributed by atoms with Crippen LogP contribution in [-0.4, -0.2) is 77.0 Å². The zero-order chi connectivity index (χ0) is 28.7. The van der Waals surface area contributed by atoms with Crippen LogP contribution in [0.5, 0.6) is 0 Å². The van der Waals surface area contributed by atoms with Crippen molar-refractivity contribution >= 4 is 41.8 Å². The van der Waals surface area contributed by atoms with Crippen molar-refractivity contribution in [1.29, 1.82) is 0 Å². The SMILES string of the molecule is CN(N=C(C/C(=N\N(C)[Si](C)(C)C)c1ccccc1)C/C(=N\N(C)[Si](C)(C)C)c1ccccc1)[Si](C)(C)C. The third-order valence-corrected chi connectivity index (χ3v) is 12.8. The highest BCUT2D eigenvalue weighted by molar-refractivity contribution is 6.74. The summed E-state index contributed by atoms with van der Waals surface area (Å²) in [6, 6.07) is 21.1. The summed E-state index contributed by atoms with van der Waals surface area (Å²) >= 11 is 0. The third-order valence-electron chi connectivity index (χ3n) is 6.70. The molecule has 2 rings (SSSR count). The number of nitrogens with zero attached hydrogens (tertiary/aromatic N) is 6. The van der Waals surface area contributed by atoms with Gasteiger partial charge >= 0.3 is 0 Å². The normalized spacial score (nSPS) is 13.3. The van der Waals surface area contributed by atoms with Gasteiger partial charge in [-0.15, -0.1) is 0 Å². The highest BCUT2D eigenvalue weighted by Gasteiger charge is 2.25. The summed E-state index contributed by atoms with van der Waals surface area (Å²) in [6.45, 7) is 20.9. The zero-order valence-corrected chi connectivity index (χ0v) is 28.9. The van der Waals surface area contributed by atoms with E-state index in [2.05, 4.69) is 155 Å². The Morgan fingerprint density at radius 1 is 0.500 bits per heavy atom. The molecular formula is C29H50N6Si3. The molecule has 9 heteroatoms. The van der Waals surface area contributed by atoms with Crippen LogP contribution in [0.1, 0.15) is 24.0 Å². The fourth-order valence-corrected chi connectivity index (χ4v) is 4.48. The molecule has 0 amide bonds. The van der Waals surface area contributed by atoms with Gasteiger partial charge in [0.2, 0.25) is 0 Å². The van der Waals surface area contributed by atoms with Crippen LogP contribution in [0.2, 0.25) is 58.9 Å². The number of hydrazone groups is 3. The number of hydrogen-bond donors (Lipinski definition) is 0. The van der Waals surface area contributed by atoms with Crippen molar-refractivity contribution in [2.75, 3.05) is 21.1 Å². The molecule has 0 bridgehead atoms.